The summed E-state index contributed by atoms with van der Waals surface area (Å²) < 4.78 is 50.4. The molecule has 4 aromatic carbocycles. The van der Waals surface area contributed by atoms with Crippen molar-refractivity contribution in [2.75, 3.05) is 37.7 Å². The summed E-state index contributed by atoms with van der Waals surface area (Å²) in [4.78, 5) is 53.2. The second-order valence-electron chi connectivity index (χ2n) is 12.2. The lowest BCUT2D eigenvalue weighted by Gasteiger charge is -2.27. The van der Waals surface area contributed by atoms with Gasteiger partial charge in [0.2, 0.25) is 5.91 Å². The lowest BCUT2D eigenvalue weighted by Crippen LogP contribution is -2.37. The Labute approximate surface area is 310 Å². The van der Waals surface area contributed by atoms with E-state index in [0.29, 0.717) is 100 Å². The monoisotopic (exact) mass is 791 g/mol. The van der Waals surface area contributed by atoms with Crippen LogP contribution in [0.4, 0.5) is 5.69 Å². The van der Waals surface area contributed by atoms with Crippen molar-refractivity contribution in [1.29, 1.82) is 0 Å². The summed E-state index contributed by atoms with van der Waals surface area (Å²) in [5.41, 5.74) is 0.358. The zero-order chi connectivity index (χ0) is 37.7. The average molecular weight is 792 g/mol. The Hall–Kier alpha value is -3.93. The van der Waals surface area contributed by atoms with Crippen LogP contribution in [0.2, 0.25) is 0 Å². The maximum absolute atomic E-state index is 13.7. The van der Waals surface area contributed by atoms with E-state index in [2.05, 4.69) is 19.7 Å². The second-order valence-corrected chi connectivity index (χ2v) is 15.0. The van der Waals surface area contributed by atoms with Crippen LogP contribution >= 0.6 is 24.1 Å². The molecule has 4 N–H and O–H groups in total. The number of ether oxygens (including phenoxy) is 1. The molecule has 1 unspecified atom stereocenters. The lowest BCUT2D eigenvalue weighted by atomic mass is 9.92. The van der Waals surface area contributed by atoms with Gasteiger partial charge in [0.25, 0.3) is 27.8 Å². The molecule has 1 saturated heterocycles. The topological polar surface area (TPSA) is 228 Å². The van der Waals surface area contributed by atoms with Crippen LogP contribution in [0.3, 0.4) is 0 Å². The fourth-order valence-corrected chi connectivity index (χ4v) is 8.51. The van der Waals surface area contributed by atoms with Crippen molar-refractivity contribution in [3.8, 4) is 0 Å². The molecule has 20 heteroatoms. The van der Waals surface area contributed by atoms with Gasteiger partial charge in [0, 0.05) is 75.6 Å². The van der Waals surface area contributed by atoms with E-state index in [1.54, 1.807) is 24.3 Å². The molecule has 0 aliphatic carbocycles. The normalized spacial score (nSPS) is 17.3. The number of nitrogens with zero attached hydrogens (tertiary/aromatic N) is 2. The fraction of sp³-hybridized carbons (Fsp3) is 0.333. The first kappa shape index (κ1) is 38.8. The molecule has 4 aromatic rings. The minimum atomic E-state index is -4.79. The molecule has 0 radical (unpaired) electrons. The predicted octanol–water partition coefficient (Wildman–Crippen LogP) is 4.66. The first-order valence-electron chi connectivity index (χ1n) is 16.3. The molecule has 1 fully saturated rings. The van der Waals surface area contributed by atoms with Crippen molar-refractivity contribution >= 4 is 95.8 Å². The number of rotatable bonds is 15. The van der Waals surface area contributed by atoms with Crippen LogP contribution in [0.15, 0.2) is 63.2 Å². The Balaban J connectivity index is 1.30. The van der Waals surface area contributed by atoms with Crippen LogP contribution in [0.5, 0.6) is 0 Å². The lowest BCUT2D eigenvalue weighted by molar-refractivity contribution is -0.432. The molecule has 17 nitrogen and oxygen atoms in total. The summed E-state index contributed by atoms with van der Waals surface area (Å²) in [5.74, 6) is -1.80. The standard InChI is InChI=1S/C33H33N3O14S3/c37-28-8-9-29(38)36(28)13-3-1-2-12-34-33(40)19-10-14-35(30(39)18-46-15-11-19)24-16-25(51-49-47-41)21-5-6-22-26(52-50-48-42)17-27(53(43,44)45)23-7-4-20(24)31(21)32(22)23/h4-9,16-17,19,41-42H,1-3,10-15,18H2,(H,34,40)(H,43,44,45). The number of benzene rings is 4. The highest BCUT2D eigenvalue weighted by Gasteiger charge is 2.29. The van der Waals surface area contributed by atoms with Gasteiger partial charge in [-0.1, -0.05) is 34.3 Å². The molecule has 2 aliphatic heterocycles. The number of nitrogens with one attached hydrogen (secondary N) is 1. The van der Waals surface area contributed by atoms with Crippen LogP contribution in [-0.2, 0) is 52.8 Å². The summed E-state index contributed by atoms with van der Waals surface area (Å²) in [6.07, 6.45) is 5.02. The number of carbonyl (C=O) groups excluding carboxylic acids is 4. The van der Waals surface area contributed by atoms with Crippen molar-refractivity contribution < 1.29 is 66.1 Å². The minimum absolute atomic E-state index is 0.0939. The van der Waals surface area contributed by atoms with E-state index in [9.17, 15) is 32.1 Å². The molecule has 2 heterocycles. The molecular weight excluding hydrogens is 759 g/mol. The third-order valence-corrected chi connectivity index (χ3v) is 11.3. The zero-order valence-electron chi connectivity index (χ0n) is 27.7. The van der Waals surface area contributed by atoms with E-state index in [4.69, 9.17) is 19.6 Å². The number of anilines is 1. The van der Waals surface area contributed by atoms with Crippen LogP contribution in [0.1, 0.15) is 32.1 Å². The van der Waals surface area contributed by atoms with Crippen LogP contribution < -0.4 is 10.2 Å². The molecule has 0 bridgehead atoms. The van der Waals surface area contributed by atoms with Gasteiger partial charge in [0.15, 0.2) is 0 Å². The molecule has 2 aliphatic rings. The summed E-state index contributed by atoms with van der Waals surface area (Å²) >= 11 is 1.13. The highest BCUT2D eigenvalue weighted by molar-refractivity contribution is 7.95. The van der Waals surface area contributed by atoms with Gasteiger partial charge in [-0.2, -0.15) is 8.42 Å². The van der Waals surface area contributed by atoms with Gasteiger partial charge in [-0.05, 0) is 55.0 Å². The largest absolute Gasteiger partial charge is 0.372 e. The SMILES string of the molecule is O=C(NCCCCCN1C(=O)C=CC1=O)C1CCOCC(=O)N(c2cc(SOOO)c3ccc4c(SOOO)cc(S(=O)(=O)O)c5ccc2c3c45)CC1. The molecule has 282 valence electrons. The first-order valence-corrected chi connectivity index (χ1v) is 19.2. The Morgan fingerprint density at radius 2 is 1.49 bits per heavy atom. The molecule has 0 aromatic heterocycles. The highest BCUT2D eigenvalue weighted by atomic mass is 32.2. The van der Waals surface area contributed by atoms with Gasteiger partial charge in [0.1, 0.15) is 11.5 Å². The van der Waals surface area contributed by atoms with E-state index < -0.39 is 26.8 Å². The van der Waals surface area contributed by atoms with Gasteiger partial charge < -0.3 is 15.0 Å². The van der Waals surface area contributed by atoms with Crippen molar-refractivity contribution in [3.63, 3.8) is 0 Å². The van der Waals surface area contributed by atoms with Gasteiger partial charge in [-0.25, -0.2) is 10.5 Å². The number of amides is 4. The van der Waals surface area contributed by atoms with E-state index >= 15 is 0 Å². The maximum Gasteiger partial charge on any atom is 0.295 e. The van der Waals surface area contributed by atoms with E-state index in [1.165, 1.54) is 34.1 Å². The Bertz CT molecular complexity index is 2160. The smallest absolute Gasteiger partial charge is 0.295 e. The summed E-state index contributed by atoms with van der Waals surface area (Å²) in [6, 6.07) is 9.27. The summed E-state index contributed by atoms with van der Waals surface area (Å²) in [6.45, 7) is 0.640. The van der Waals surface area contributed by atoms with Crippen molar-refractivity contribution in [1.82, 2.24) is 10.2 Å². The number of hydrogen-bond acceptors (Lipinski definition) is 15. The van der Waals surface area contributed by atoms with Crippen molar-refractivity contribution in [2.24, 2.45) is 5.92 Å². The fourth-order valence-electron chi connectivity index (χ4n) is 6.67. The van der Waals surface area contributed by atoms with Crippen LogP contribution in [-0.4, -0.2) is 84.9 Å². The Morgan fingerprint density at radius 1 is 0.868 bits per heavy atom. The number of unbranched alkanes of at least 4 members (excludes halogenated alkanes) is 2. The van der Waals surface area contributed by atoms with Crippen LogP contribution in [0.25, 0.3) is 32.3 Å². The number of hydrogen-bond donors (Lipinski definition) is 4. The molecule has 53 heavy (non-hydrogen) atoms. The third kappa shape index (κ3) is 8.42. The van der Waals surface area contributed by atoms with Gasteiger partial charge in [0.05, 0.1) is 29.8 Å². The average Bonchev–Trinajstić information content (AvgIpc) is 3.50. The second kappa shape index (κ2) is 17.0. The Kier molecular flexibility index (Phi) is 12.5. The molecule has 0 spiro atoms. The molecule has 6 rings (SSSR count). The number of carbonyl (C=O) groups is 4. The van der Waals surface area contributed by atoms with Gasteiger partial charge in [-0.3, -0.25) is 28.6 Å². The van der Waals surface area contributed by atoms with Crippen LogP contribution in [0, 0.1) is 5.92 Å². The Morgan fingerprint density at radius 3 is 2.15 bits per heavy atom. The zero-order valence-corrected chi connectivity index (χ0v) is 30.2. The maximum atomic E-state index is 13.7. The predicted molar refractivity (Wildman–Crippen MR) is 190 cm³/mol. The number of imide groups is 1. The summed E-state index contributed by atoms with van der Waals surface area (Å²) in [5, 5.41) is 30.8. The van der Waals surface area contributed by atoms with E-state index in [0.717, 1.165) is 0 Å². The first-order chi connectivity index (χ1) is 25.5. The van der Waals surface area contributed by atoms with E-state index in [1.807, 2.05) is 0 Å². The van der Waals surface area contributed by atoms with Gasteiger partial charge >= 0.3 is 0 Å². The van der Waals surface area contributed by atoms with E-state index in [-0.39, 0.29) is 54.2 Å². The molecule has 0 saturated carbocycles. The quantitative estimate of drug-likeness (QED) is 0.0244. The molecule has 4 amide bonds. The highest BCUT2D eigenvalue weighted by Crippen LogP contribution is 2.47. The molecular formula is C33H33N3O14S3. The molecule has 1 atom stereocenters. The van der Waals surface area contributed by atoms with Crippen molar-refractivity contribution in [2.45, 2.75) is 46.8 Å². The third-order valence-electron chi connectivity index (χ3n) is 9.11. The van der Waals surface area contributed by atoms with Gasteiger partial charge in [-0.15, -0.1) is 8.67 Å². The summed E-state index contributed by atoms with van der Waals surface area (Å²) in [7, 11) is -4.79. The van der Waals surface area contributed by atoms with Crippen molar-refractivity contribution in [3.05, 3.63) is 48.6 Å². The minimum Gasteiger partial charge on any atom is -0.372 e.